The molecular formula is C22H22ClN3O7S2. The van der Waals surface area contributed by atoms with E-state index in [1.807, 2.05) is 0 Å². The third-order valence-electron chi connectivity index (χ3n) is 6.29. The van der Waals surface area contributed by atoms with Crippen LogP contribution in [0.5, 0.6) is 5.75 Å². The highest BCUT2D eigenvalue weighted by molar-refractivity contribution is 7.88. The van der Waals surface area contributed by atoms with E-state index < -0.39 is 22.2 Å². The van der Waals surface area contributed by atoms with Crippen molar-refractivity contribution in [2.45, 2.75) is 25.0 Å². The third-order valence-corrected chi connectivity index (χ3v) is 8.81. The van der Waals surface area contributed by atoms with Crippen molar-refractivity contribution in [2.24, 2.45) is 0 Å². The van der Waals surface area contributed by atoms with E-state index in [9.17, 15) is 22.8 Å². The molecule has 3 aliphatic heterocycles. The molecule has 4 heterocycles. The number of ether oxygens (including phenoxy) is 2. The van der Waals surface area contributed by atoms with Crippen LogP contribution < -0.4 is 14.5 Å². The Balaban J connectivity index is 1.28. The number of ketones is 1. The molecule has 186 valence electrons. The van der Waals surface area contributed by atoms with Crippen molar-refractivity contribution in [3.05, 3.63) is 39.5 Å². The lowest BCUT2D eigenvalue weighted by atomic mass is 10.0. The first-order chi connectivity index (χ1) is 16.6. The van der Waals surface area contributed by atoms with E-state index >= 15 is 0 Å². The van der Waals surface area contributed by atoms with E-state index in [0.717, 1.165) is 10.6 Å². The second-order valence-corrected chi connectivity index (χ2v) is 12.2. The number of amides is 2. The highest BCUT2D eigenvalue weighted by Crippen LogP contribution is 2.42. The second kappa shape index (κ2) is 9.08. The molecule has 5 rings (SSSR count). The summed E-state index contributed by atoms with van der Waals surface area (Å²) in [5.41, 5.74) is 1.08. The first kappa shape index (κ1) is 24.0. The molecule has 2 atom stereocenters. The number of halogens is 1. The Morgan fingerprint density at radius 2 is 2.00 bits per heavy atom. The van der Waals surface area contributed by atoms with Crippen LogP contribution in [0.1, 0.15) is 22.5 Å². The van der Waals surface area contributed by atoms with E-state index in [0.29, 0.717) is 32.8 Å². The maximum absolute atomic E-state index is 12.7. The number of hydrogen-bond acceptors (Lipinski definition) is 8. The summed E-state index contributed by atoms with van der Waals surface area (Å²) >= 11 is 7.13. The van der Waals surface area contributed by atoms with Gasteiger partial charge in [0.05, 0.1) is 27.7 Å². The molecule has 0 aliphatic carbocycles. The van der Waals surface area contributed by atoms with Gasteiger partial charge in [-0.05, 0) is 30.7 Å². The Hall–Kier alpha value is -2.67. The van der Waals surface area contributed by atoms with Crippen LogP contribution in [0, 0.1) is 0 Å². The van der Waals surface area contributed by atoms with E-state index in [4.69, 9.17) is 21.1 Å². The van der Waals surface area contributed by atoms with Crippen LogP contribution in [0.15, 0.2) is 30.3 Å². The summed E-state index contributed by atoms with van der Waals surface area (Å²) in [5, 5.41) is 0. The fraction of sp³-hybridized carbons (Fsp3) is 0.409. The molecule has 2 amide bonds. The standard InChI is InChI=1S/C22H22ClN3O7S2/c1-35(30,31)24-8-9-25(21(28)11-24)13-2-3-14-18(10-13)32-12-15-17(33-22(29)26(14)15)5-4-16(27)19-6-7-20(23)34-19/h2-3,6-7,10,15,17H,4-5,8-9,11-12H2,1H3/t15-,17-/m0/s1. The van der Waals surface area contributed by atoms with E-state index in [1.54, 1.807) is 30.3 Å². The molecule has 0 bridgehead atoms. The maximum atomic E-state index is 12.7. The van der Waals surface area contributed by atoms with Gasteiger partial charge in [0.1, 0.15) is 24.5 Å². The Labute approximate surface area is 211 Å². The number of thiophene rings is 1. The van der Waals surface area contributed by atoms with Crippen LogP contribution in [-0.2, 0) is 19.6 Å². The average molecular weight is 540 g/mol. The van der Waals surface area contributed by atoms with Gasteiger partial charge in [-0.1, -0.05) is 11.6 Å². The predicted octanol–water partition coefficient (Wildman–Crippen LogP) is 2.76. The van der Waals surface area contributed by atoms with Crippen molar-refractivity contribution in [2.75, 3.05) is 42.3 Å². The van der Waals surface area contributed by atoms with Crippen LogP contribution >= 0.6 is 22.9 Å². The normalized spacial score (nSPS) is 22.5. The second-order valence-electron chi connectivity index (χ2n) is 8.53. The topological polar surface area (TPSA) is 114 Å². The van der Waals surface area contributed by atoms with E-state index in [-0.39, 0.29) is 50.4 Å². The highest BCUT2D eigenvalue weighted by atomic mass is 35.5. The Morgan fingerprint density at radius 3 is 2.69 bits per heavy atom. The van der Waals surface area contributed by atoms with Crippen molar-refractivity contribution >= 4 is 62.1 Å². The molecule has 10 nitrogen and oxygen atoms in total. The predicted molar refractivity (Wildman–Crippen MR) is 130 cm³/mol. The summed E-state index contributed by atoms with van der Waals surface area (Å²) in [7, 11) is -3.45. The van der Waals surface area contributed by atoms with Crippen molar-refractivity contribution in [3.63, 3.8) is 0 Å². The molecule has 1 aromatic carbocycles. The van der Waals surface area contributed by atoms with Gasteiger partial charge in [0.25, 0.3) is 0 Å². The largest absolute Gasteiger partial charge is 0.489 e. The molecule has 0 unspecified atom stereocenters. The molecule has 13 heteroatoms. The zero-order valence-corrected chi connectivity index (χ0v) is 21.1. The number of nitrogens with zero attached hydrogens (tertiary/aromatic N) is 3. The van der Waals surface area contributed by atoms with Gasteiger partial charge in [0.2, 0.25) is 15.9 Å². The minimum Gasteiger partial charge on any atom is -0.489 e. The molecular weight excluding hydrogens is 518 g/mol. The number of cyclic esters (lactones) is 1. The first-order valence-electron chi connectivity index (χ1n) is 10.9. The molecule has 35 heavy (non-hydrogen) atoms. The van der Waals surface area contributed by atoms with Crippen LogP contribution in [0.3, 0.4) is 0 Å². The van der Waals surface area contributed by atoms with Crippen molar-refractivity contribution in [1.29, 1.82) is 0 Å². The van der Waals surface area contributed by atoms with Crippen molar-refractivity contribution < 1.29 is 32.3 Å². The van der Waals surface area contributed by atoms with E-state index in [1.165, 1.54) is 21.1 Å². The molecule has 2 fully saturated rings. The molecule has 2 aromatic rings. The smallest absolute Gasteiger partial charge is 0.415 e. The number of piperazine rings is 1. The van der Waals surface area contributed by atoms with Crippen LogP contribution in [-0.4, -0.2) is 75.1 Å². The zero-order chi connectivity index (χ0) is 24.9. The monoisotopic (exact) mass is 539 g/mol. The van der Waals surface area contributed by atoms with Gasteiger partial charge in [-0.15, -0.1) is 11.3 Å². The molecule has 0 radical (unpaired) electrons. The number of sulfonamides is 1. The van der Waals surface area contributed by atoms with Gasteiger partial charge in [-0.2, -0.15) is 4.31 Å². The SMILES string of the molecule is CS(=O)(=O)N1CCN(c2ccc3c(c2)OC[C@H]2[C@H](CCC(=O)c4ccc(Cl)s4)OC(=O)N32)C(=O)C1. The molecule has 1 aromatic heterocycles. The van der Waals surface area contributed by atoms with Gasteiger partial charge in [-0.3, -0.25) is 14.5 Å². The number of rotatable bonds is 6. The number of carbonyl (C=O) groups excluding carboxylic acids is 3. The van der Waals surface area contributed by atoms with Gasteiger partial charge >= 0.3 is 6.09 Å². The van der Waals surface area contributed by atoms with Gasteiger partial charge in [0.15, 0.2) is 5.78 Å². The van der Waals surface area contributed by atoms with Crippen molar-refractivity contribution in [1.82, 2.24) is 4.31 Å². The number of fused-ring (bicyclic) bond motifs is 3. The summed E-state index contributed by atoms with van der Waals surface area (Å²) in [6.45, 7) is 0.364. The molecule has 0 N–H and O–H groups in total. The van der Waals surface area contributed by atoms with Gasteiger partial charge in [-0.25, -0.2) is 13.2 Å². The Bertz CT molecular complexity index is 1310. The molecule has 2 saturated heterocycles. The molecule has 0 spiro atoms. The Kier molecular flexibility index (Phi) is 6.24. The number of benzene rings is 1. The number of Topliss-reactive ketones (excluding diaryl/α,β-unsaturated/α-hetero) is 1. The summed E-state index contributed by atoms with van der Waals surface area (Å²) in [6, 6.07) is 8.05. The molecule has 0 saturated carbocycles. The summed E-state index contributed by atoms with van der Waals surface area (Å²) in [5.74, 6) is 0.0328. The molecule has 3 aliphatic rings. The van der Waals surface area contributed by atoms with Gasteiger partial charge < -0.3 is 14.4 Å². The van der Waals surface area contributed by atoms with E-state index in [2.05, 4.69) is 0 Å². The Morgan fingerprint density at radius 1 is 1.20 bits per heavy atom. The van der Waals surface area contributed by atoms with Crippen LogP contribution in [0.25, 0.3) is 0 Å². The summed E-state index contributed by atoms with van der Waals surface area (Å²) in [6.07, 6.45) is 0.640. The summed E-state index contributed by atoms with van der Waals surface area (Å²) < 4.78 is 36.7. The van der Waals surface area contributed by atoms with Crippen LogP contribution in [0.4, 0.5) is 16.2 Å². The minimum atomic E-state index is -3.45. The minimum absolute atomic E-state index is 0.0567. The number of hydrogen-bond donors (Lipinski definition) is 0. The quantitative estimate of drug-likeness (QED) is 0.519. The summed E-state index contributed by atoms with van der Waals surface area (Å²) in [4.78, 5) is 41.3. The lowest BCUT2D eigenvalue weighted by Gasteiger charge is -2.35. The highest BCUT2D eigenvalue weighted by Gasteiger charge is 2.46. The number of carbonyl (C=O) groups is 3. The van der Waals surface area contributed by atoms with Crippen molar-refractivity contribution in [3.8, 4) is 5.75 Å². The first-order valence-corrected chi connectivity index (χ1v) is 14.0. The van der Waals surface area contributed by atoms with Gasteiger partial charge in [0, 0.05) is 31.3 Å². The zero-order valence-electron chi connectivity index (χ0n) is 18.7. The lowest BCUT2D eigenvalue weighted by molar-refractivity contribution is -0.119. The van der Waals surface area contributed by atoms with Crippen LogP contribution in [0.2, 0.25) is 4.34 Å². The number of anilines is 2. The fourth-order valence-electron chi connectivity index (χ4n) is 4.51. The fourth-order valence-corrected chi connectivity index (χ4v) is 6.27. The lowest BCUT2D eigenvalue weighted by Crippen LogP contribution is -2.52. The average Bonchev–Trinajstić information content (AvgIpc) is 3.39. The third kappa shape index (κ3) is 4.63. The maximum Gasteiger partial charge on any atom is 0.415 e.